The van der Waals surface area contributed by atoms with E-state index in [-0.39, 0.29) is 5.91 Å². The number of carbonyl (C=O) groups is 1. The van der Waals surface area contributed by atoms with E-state index >= 15 is 0 Å². The average Bonchev–Trinajstić information content (AvgIpc) is 3.50. The van der Waals surface area contributed by atoms with Crippen LogP contribution in [0, 0.1) is 11.8 Å². The number of benzene rings is 1. The fraction of sp³-hybridized carbons (Fsp3) is 0.682. The van der Waals surface area contributed by atoms with E-state index in [2.05, 4.69) is 17.1 Å². The van der Waals surface area contributed by atoms with Crippen molar-refractivity contribution in [2.45, 2.75) is 52.1 Å². The molecular weight excluding hydrogens is 340 g/mol. The zero-order chi connectivity index (χ0) is 19.3. The fourth-order valence-electron chi connectivity index (χ4n) is 3.77. The number of ether oxygens (including phenoxy) is 2. The van der Waals surface area contributed by atoms with Gasteiger partial charge in [-0.3, -0.25) is 9.69 Å². The SMILES string of the molecule is CCOC(C)(C(=O)Nc1ccc(OCCN2CCC(C)CC2)cc1)C1CC1. The number of hydrogen-bond donors (Lipinski definition) is 1. The van der Waals surface area contributed by atoms with Crippen LogP contribution in [0.5, 0.6) is 5.75 Å². The van der Waals surface area contributed by atoms with Gasteiger partial charge in [-0.25, -0.2) is 0 Å². The number of rotatable bonds is 9. The third-order valence-electron chi connectivity index (χ3n) is 5.92. The van der Waals surface area contributed by atoms with Crippen LogP contribution in [-0.2, 0) is 9.53 Å². The molecule has 1 atom stereocenters. The van der Waals surface area contributed by atoms with Gasteiger partial charge in [0.05, 0.1) is 0 Å². The normalized spacial score (nSPS) is 20.9. The second-order valence-corrected chi connectivity index (χ2v) is 8.17. The first-order chi connectivity index (χ1) is 13.0. The van der Waals surface area contributed by atoms with E-state index < -0.39 is 5.60 Å². The van der Waals surface area contributed by atoms with Crippen LogP contribution < -0.4 is 10.1 Å². The largest absolute Gasteiger partial charge is 0.492 e. The van der Waals surface area contributed by atoms with Gasteiger partial charge < -0.3 is 14.8 Å². The Morgan fingerprint density at radius 1 is 1.19 bits per heavy atom. The van der Waals surface area contributed by atoms with Gasteiger partial charge in [0.1, 0.15) is 18.0 Å². The average molecular weight is 375 g/mol. The predicted molar refractivity (Wildman–Crippen MR) is 108 cm³/mol. The predicted octanol–water partition coefficient (Wildman–Crippen LogP) is 3.94. The standard InChI is InChI=1S/C22H34N2O3/c1-4-27-22(3,18-5-6-18)21(25)23-19-7-9-20(10-8-19)26-16-15-24-13-11-17(2)12-14-24/h7-10,17-18H,4-6,11-16H2,1-3H3,(H,23,25). The van der Waals surface area contributed by atoms with E-state index in [1.165, 1.54) is 25.9 Å². The fourth-order valence-corrected chi connectivity index (χ4v) is 3.77. The summed E-state index contributed by atoms with van der Waals surface area (Å²) in [5, 5.41) is 3.00. The summed E-state index contributed by atoms with van der Waals surface area (Å²) in [4.78, 5) is 15.2. The van der Waals surface area contributed by atoms with Gasteiger partial charge in [0.15, 0.2) is 0 Å². The molecule has 150 valence electrons. The smallest absolute Gasteiger partial charge is 0.256 e. The lowest BCUT2D eigenvalue weighted by Gasteiger charge is -2.29. The lowest BCUT2D eigenvalue weighted by atomic mass is 9.99. The van der Waals surface area contributed by atoms with Gasteiger partial charge in [-0.15, -0.1) is 0 Å². The maximum Gasteiger partial charge on any atom is 0.256 e. The third-order valence-corrected chi connectivity index (χ3v) is 5.92. The summed E-state index contributed by atoms with van der Waals surface area (Å²) in [6.07, 6.45) is 4.70. The van der Waals surface area contributed by atoms with E-state index in [4.69, 9.17) is 9.47 Å². The number of piperidine rings is 1. The van der Waals surface area contributed by atoms with Crippen LogP contribution in [-0.4, -0.2) is 49.3 Å². The molecule has 0 bridgehead atoms. The Morgan fingerprint density at radius 3 is 2.44 bits per heavy atom. The molecular formula is C22H34N2O3. The summed E-state index contributed by atoms with van der Waals surface area (Å²) < 4.78 is 11.7. The maximum absolute atomic E-state index is 12.7. The Labute approximate surface area is 163 Å². The van der Waals surface area contributed by atoms with Crippen molar-refractivity contribution in [3.05, 3.63) is 24.3 Å². The molecule has 2 aliphatic rings. The van der Waals surface area contributed by atoms with Gasteiger partial charge in [0, 0.05) is 18.8 Å². The highest BCUT2D eigenvalue weighted by Crippen LogP contribution is 2.42. The minimum atomic E-state index is -0.726. The van der Waals surface area contributed by atoms with Gasteiger partial charge in [-0.05, 0) is 88.7 Å². The molecule has 1 aliphatic carbocycles. The maximum atomic E-state index is 12.7. The molecule has 1 unspecified atom stereocenters. The minimum absolute atomic E-state index is 0.0557. The Morgan fingerprint density at radius 2 is 1.85 bits per heavy atom. The molecule has 3 rings (SSSR count). The third kappa shape index (κ3) is 5.45. The number of hydrogen-bond acceptors (Lipinski definition) is 4. The van der Waals surface area contributed by atoms with Gasteiger partial charge in [0.25, 0.3) is 5.91 Å². The summed E-state index contributed by atoms with van der Waals surface area (Å²) >= 11 is 0. The lowest BCUT2D eigenvalue weighted by Crippen LogP contribution is -2.44. The topological polar surface area (TPSA) is 50.8 Å². The van der Waals surface area contributed by atoms with Crippen LogP contribution in [0.3, 0.4) is 0 Å². The molecule has 1 heterocycles. The molecule has 1 aliphatic heterocycles. The van der Waals surface area contributed by atoms with Gasteiger partial charge in [0.2, 0.25) is 0 Å². The zero-order valence-electron chi connectivity index (χ0n) is 17.0. The van der Waals surface area contributed by atoms with Crippen LogP contribution in [0.2, 0.25) is 0 Å². The van der Waals surface area contributed by atoms with Crippen LogP contribution in [0.25, 0.3) is 0 Å². The molecule has 27 heavy (non-hydrogen) atoms. The molecule has 5 nitrogen and oxygen atoms in total. The summed E-state index contributed by atoms with van der Waals surface area (Å²) in [5.41, 5.74) is 0.0551. The highest BCUT2D eigenvalue weighted by Gasteiger charge is 2.48. The van der Waals surface area contributed by atoms with E-state index in [1.807, 2.05) is 38.1 Å². The quantitative estimate of drug-likeness (QED) is 0.711. The first kappa shape index (κ1) is 20.2. The van der Waals surface area contributed by atoms with Crippen molar-refractivity contribution in [3.63, 3.8) is 0 Å². The van der Waals surface area contributed by atoms with Crippen LogP contribution >= 0.6 is 0 Å². The molecule has 1 amide bonds. The number of nitrogens with one attached hydrogen (secondary N) is 1. The molecule has 1 aromatic rings. The molecule has 1 saturated carbocycles. The Balaban J connectivity index is 1.45. The minimum Gasteiger partial charge on any atom is -0.492 e. The molecule has 0 radical (unpaired) electrons. The van der Waals surface area contributed by atoms with Crippen molar-refractivity contribution in [2.24, 2.45) is 11.8 Å². The van der Waals surface area contributed by atoms with Crippen molar-refractivity contribution in [1.82, 2.24) is 4.90 Å². The van der Waals surface area contributed by atoms with E-state index in [0.717, 1.165) is 36.7 Å². The Hall–Kier alpha value is -1.59. The summed E-state index contributed by atoms with van der Waals surface area (Å²) in [5.74, 6) is 1.97. The number of nitrogens with zero attached hydrogens (tertiary/aromatic N) is 1. The molecule has 5 heteroatoms. The number of likely N-dealkylation sites (tertiary alicyclic amines) is 1. The van der Waals surface area contributed by atoms with E-state index in [9.17, 15) is 4.79 Å². The van der Waals surface area contributed by atoms with Crippen molar-refractivity contribution in [3.8, 4) is 5.75 Å². The summed E-state index contributed by atoms with van der Waals surface area (Å²) in [6.45, 7) is 10.7. The van der Waals surface area contributed by atoms with Crippen LogP contribution in [0.4, 0.5) is 5.69 Å². The Bertz CT molecular complexity index is 606. The molecule has 1 aromatic carbocycles. The molecule has 1 N–H and O–H groups in total. The van der Waals surface area contributed by atoms with Gasteiger partial charge >= 0.3 is 0 Å². The van der Waals surface area contributed by atoms with Crippen molar-refractivity contribution in [2.75, 3.05) is 38.2 Å². The van der Waals surface area contributed by atoms with Gasteiger partial charge in [-0.2, -0.15) is 0 Å². The number of anilines is 1. The Kier molecular flexibility index (Phi) is 6.77. The van der Waals surface area contributed by atoms with Crippen LogP contribution in [0.15, 0.2) is 24.3 Å². The second kappa shape index (κ2) is 9.07. The monoisotopic (exact) mass is 374 g/mol. The first-order valence-corrected chi connectivity index (χ1v) is 10.4. The van der Waals surface area contributed by atoms with E-state index in [0.29, 0.717) is 19.1 Å². The summed E-state index contributed by atoms with van der Waals surface area (Å²) in [6, 6.07) is 7.64. The molecule has 2 fully saturated rings. The molecule has 0 spiro atoms. The van der Waals surface area contributed by atoms with Gasteiger partial charge in [-0.1, -0.05) is 6.92 Å². The highest BCUT2D eigenvalue weighted by molar-refractivity contribution is 5.97. The van der Waals surface area contributed by atoms with Crippen molar-refractivity contribution >= 4 is 11.6 Å². The van der Waals surface area contributed by atoms with Crippen molar-refractivity contribution in [1.29, 1.82) is 0 Å². The zero-order valence-corrected chi connectivity index (χ0v) is 17.0. The number of carbonyl (C=O) groups excluding carboxylic acids is 1. The van der Waals surface area contributed by atoms with Crippen molar-refractivity contribution < 1.29 is 14.3 Å². The lowest BCUT2D eigenvalue weighted by molar-refractivity contribution is -0.141. The molecule has 0 aromatic heterocycles. The first-order valence-electron chi connectivity index (χ1n) is 10.4. The highest BCUT2D eigenvalue weighted by atomic mass is 16.5. The molecule has 1 saturated heterocycles. The van der Waals surface area contributed by atoms with Crippen LogP contribution in [0.1, 0.15) is 46.5 Å². The second-order valence-electron chi connectivity index (χ2n) is 8.17. The summed E-state index contributed by atoms with van der Waals surface area (Å²) in [7, 11) is 0. The van der Waals surface area contributed by atoms with E-state index in [1.54, 1.807) is 0 Å². The number of amides is 1.